The van der Waals surface area contributed by atoms with Crippen molar-refractivity contribution in [2.45, 2.75) is 30.9 Å². The van der Waals surface area contributed by atoms with Gasteiger partial charge in [-0.1, -0.05) is 0 Å². The van der Waals surface area contributed by atoms with Crippen LogP contribution in [0.4, 0.5) is 0 Å². The van der Waals surface area contributed by atoms with E-state index in [0.717, 1.165) is 19.5 Å². The van der Waals surface area contributed by atoms with Gasteiger partial charge in [0.25, 0.3) is 0 Å². The number of carboxylic acid groups (broad SMARTS) is 1. The van der Waals surface area contributed by atoms with E-state index in [-0.39, 0.29) is 0 Å². The molecule has 4 nitrogen and oxygen atoms in total. The molecule has 0 bridgehead atoms. The standard InChI is InChI=1S/C8H13NO3/c10-6-2-5-9-4-1-3-8(6,9)7(11)12/h6,10H,1-5H2,(H,11,12). The van der Waals surface area contributed by atoms with Gasteiger partial charge < -0.3 is 10.2 Å². The average molecular weight is 171 g/mol. The Morgan fingerprint density at radius 3 is 2.83 bits per heavy atom. The lowest BCUT2D eigenvalue weighted by Gasteiger charge is -2.29. The van der Waals surface area contributed by atoms with E-state index in [1.807, 2.05) is 4.90 Å². The van der Waals surface area contributed by atoms with Gasteiger partial charge in [0.15, 0.2) is 0 Å². The summed E-state index contributed by atoms with van der Waals surface area (Å²) in [5.41, 5.74) is -0.931. The van der Waals surface area contributed by atoms with Gasteiger partial charge in [-0.05, 0) is 25.8 Å². The fourth-order valence-corrected chi connectivity index (χ4v) is 2.49. The van der Waals surface area contributed by atoms with Crippen LogP contribution in [-0.4, -0.2) is 45.8 Å². The van der Waals surface area contributed by atoms with Crippen LogP contribution >= 0.6 is 0 Å². The van der Waals surface area contributed by atoms with Gasteiger partial charge in [-0.15, -0.1) is 0 Å². The number of carbonyl (C=O) groups is 1. The van der Waals surface area contributed by atoms with E-state index in [1.54, 1.807) is 0 Å². The maximum absolute atomic E-state index is 11.0. The van der Waals surface area contributed by atoms with Crippen LogP contribution in [0.1, 0.15) is 19.3 Å². The summed E-state index contributed by atoms with van der Waals surface area (Å²) >= 11 is 0. The fourth-order valence-electron chi connectivity index (χ4n) is 2.49. The Balaban J connectivity index is 2.33. The molecule has 2 unspecified atom stereocenters. The van der Waals surface area contributed by atoms with E-state index < -0.39 is 17.6 Å². The van der Waals surface area contributed by atoms with Crippen LogP contribution < -0.4 is 0 Å². The molecule has 2 aliphatic rings. The molecule has 2 fully saturated rings. The summed E-state index contributed by atoms with van der Waals surface area (Å²) in [7, 11) is 0. The maximum atomic E-state index is 11.0. The Labute approximate surface area is 70.8 Å². The lowest BCUT2D eigenvalue weighted by Crippen LogP contribution is -2.52. The summed E-state index contributed by atoms with van der Waals surface area (Å²) < 4.78 is 0. The molecule has 2 saturated heterocycles. The number of hydrogen-bond donors (Lipinski definition) is 2. The van der Waals surface area contributed by atoms with E-state index in [2.05, 4.69) is 0 Å². The van der Waals surface area contributed by atoms with Crippen molar-refractivity contribution < 1.29 is 15.0 Å². The summed E-state index contributed by atoms with van der Waals surface area (Å²) in [6.07, 6.45) is 1.43. The van der Waals surface area contributed by atoms with Crippen LogP contribution in [0.2, 0.25) is 0 Å². The molecule has 68 valence electrons. The van der Waals surface area contributed by atoms with Gasteiger partial charge in [-0.25, -0.2) is 0 Å². The normalized spacial score (nSPS) is 41.6. The van der Waals surface area contributed by atoms with Gasteiger partial charge in [-0.2, -0.15) is 0 Å². The molecule has 2 aliphatic heterocycles. The Hall–Kier alpha value is -0.610. The van der Waals surface area contributed by atoms with Crippen LogP contribution in [0.25, 0.3) is 0 Å². The molecule has 0 aliphatic carbocycles. The van der Waals surface area contributed by atoms with Crippen molar-refractivity contribution >= 4 is 5.97 Å². The summed E-state index contributed by atoms with van der Waals surface area (Å²) in [5, 5.41) is 18.6. The third kappa shape index (κ3) is 0.765. The van der Waals surface area contributed by atoms with Crippen molar-refractivity contribution in [2.24, 2.45) is 0 Å². The third-order valence-electron chi connectivity index (χ3n) is 3.14. The van der Waals surface area contributed by atoms with Gasteiger partial charge >= 0.3 is 5.97 Å². The Kier molecular flexibility index (Phi) is 1.63. The maximum Gasteiger partial charge on any atom is 0.326 e. The highest BCUT2D eigenvalue weighted by Crippen LogP contribution is 2.39. The number of aliphatic hydroxyl groups is 1. The number of carboxylic acids is 1. The van der Waals surface area contributed by atoms with Gasteiger partial charge in [-0.3, -0.25) is 9.69 Å². The van der Waals surface area contributed by atoms with Gasteiger partial charge in [0.1, 0.15) is 5.54 Å². The molecule has 2 N–H and O–H groups in total. The highest BCUT2D eigenvalue weighted by atomic mass is 16.4. The smallest absolute Gasteiger partial charge is 0.326 e. The summed E-state index contributed by atoms with van der Waals surface area (Å²) in [6.45, 7) is 1.55. The molecule has 0 aromatic heterocycles. The van der Waals surface area contributed by atoms with E-state index in [1.165, 1.54) is 0 Å². The topological polar surface area (TPSA) is 60.8 Å². The predicted octanol–water partition coefficient (Wildman–Crippen LogP) is -0.330. The minimum Gasteiger partial charge on any atom is -0.480 e. The second-order valence-electron chi connectivity index (χ2n) is 3.62. The van der Waals surface area contributed by atoms with Crippen molar-refractivity contribution in [1.29, 1.82) is 0 Å². The predicted molar refractivity (Wildman–Crippen MR) is 41.8 cm³/mol. The van der Waals surface area contributed by atoms with Crippen LogP contribution in [0, 0.1) is 0 Å². The van der Waals surface area contributed by atoms with Gasteiger partial charge in [0, 0.05) is 6.54 Å². The number of hydrogen-bond acceptors (Lipinski definition) is 3. The van der Waals surface area contributed by atoms with Gasteiger partial charge in [0.2, 0.25) is 0 Å². The fraction of sp³-hybridized carbons (Fsp3) is 0.875. The number of aliphatic carboxylic acids is 1. The number of aliphatic hydroxyl groups excluding tert-OH is 1. The highest BCUT2D eigenvalue weighted by Gasteiger charge is 2.56. The molecule has 0 amide bonds. The van der Waals surface area contributed by atoms with Crippen LogP contribution in [0.15, 0.2) is 0 Å². The molecular weight excluding hydrogens is 158 g/mol. The Bertz CT molecular complexity index is 218. The SMILES string of the molecule is O=C(O)C12CCCN1CCC2O. The van der Waals surface area contributed by atoms with Crippen LogP contribution in [0.5, 0.6) is 0 Å². The summed E-state index contributed by atoms with van der Waals surface area (Å²) in [6, 6.07) is 0. The van der Waals surface area contributed by atoms with E-state index in [9.17, 15) is 9.90 Å². The summed E-state index contributed by atoms with van der Waals surface area (Å²) in [5.74, 6) is -0.856. The molecule has 0 radical (unpaired) electrons. The van der Waals surface area contributed by atoms with Crippen molar-refractivity contribution in [2.75, 3.05) is 13.1 Å². The van der Waals surface area contributed by atoms with Crippen molar-refractivity contribution in [3.63, 3.8) is 0 Å². The van der Waals surface area contributed by atoms with Crippen molar-refractivity contribution in [3.8, 4) is 0 Å². The van der Waals surface area contributed by atoms with E-state index in [0.29, 0.717) is 12.8 Å². The number of fused-ring (bicyclic) bond motifs is 1. The monoisotopic (exact) mass is 171 g/mol. The van der Waals surface area contributed by atoms with E-state index >= 15 is 0 Å². The number of nitrogens with zero attached hydrogens (tertiary/aromatic N) is 1. The second kappa shape index (κ2) is 2.44. The second-order valence-corrected chi connectivity index (χ2v) is 3.62. The molecule has 4 heteroatoms. The molecule has 2 rings (SSSR count). The first-order valence-electron chi connectivity index (χ1n) is 4.34. The first kappa shape index (κ1) is 8.01. The molecule has 0 aromatic carbocycles. The third-order valence-corrected chi connectivity index (χ3v) is 3.14. The van der Waals surface area contributed by atoms with Gasteiger partial charge in [0.05, 0.1) is 6.10 Å². The molecule has 0 saturated carbocycles. The lowest BCUT2D eigenvalue weighted by atomic mass is 9.91. The zero-order valence-electron chi connectivity index (χ0n) is 6.86. The van der Waals surface area contributed by atoms with Crippen molar-refractivity contribution in [3.05, 3.63) is 0 Å². The average Bonchev–Trinajstić information content (AvgIpc) is 2.52. The highest BCUT2D eigenvalue weighted by molar-refractivity contribution is 5.80. The molecular formula is C8H13NO3. The minimum atomic E-state index is -0.931. The van der Waals surface area contributed by atoms with Crippen LogP contribution in [0.3, 0.4) is 0 Å². The lowest BCUT2D eigenvalue weighted by molar-refractivity contribution is -0.152. The van der Waals surface area contributed by atoms with Crippen LogP contribution in [-0.2, 0) is 4.79 Å². The largest absolute Gasteiger partial charge is 0.480 e. The number of rotatable bonds is 1. The Morgan fingerprint density at radius 1 is 1.50 bits per heavy atom. The zero-order chi connectivity index (χ0) is 8.77. The van der Waals surface area contributed by atoms with E-state index in [4.69, 9.17) is 5.11 Å². The summed E-state index contributed by atoms with van der Waals surface area (Å²) in [4.78, 5) is 12.9. The Morgan fingerprint density at radius 2 is 2.25 bits per heavy atom. The zero-order valence-corrected chi connectivity index (χ0v) is 6.86. The molecule has 0 spiro atoms. The molecule has 0 aromatic rings. The molecule has 12 heavy (non-hydrogen) atoms. The molecule has 2 atom stereocenters. The quantitative estimate of drug-likeness (QED) is 0.567. The van der Waals surface area contributed by atoms with Crippen molar-refractivity contribution in [1.82, 2.24) is 4.90 Å². The molecule has 2 heterocycles. The first-order chi connectivity index (χ1) is 5.68. The first-order valence-corrected chi connectivity index (χ1v) is 4.34. The minimum absolute atomic E-state index is 0.601.